The highest BCUT2D eigenvalue weighted by Crippen LogP contribution is 2.47. The predicted molar refractivity (Wildman–Crippen MR) is 78.1 cm³/mol. The van der Waals surface area contributed by atoms with Crippen molar-refractivity contribution in [3.05, 3.63) is 35.9 Å². The van der Waals surface area contributed by atoms with Crippen molar-refractivity contribution in [3.8, 4) is 0 Å². The number of nitrogens with one attached hydrogen (secondary N) is 1. The monoisotopic (exact) mass is 260 g/mol. The molecule has 1 fully saturated rings. The third-order valence-corrected chi connectivity index (χ3v) is 4.26. The largest absolute Gasteiger partial charge is 0.354 e. The maximum atomic E-state index is 12.1. The van der Waals surface area contributed by atoms with Crippen LogP contribution in [0.1, 0.15) is 31.7 Å². The first kappa shape index (κ1) is 14.1. The number of hydrogen-bond acceptors (Lipinski definition) is 2. The van der Waals surface area contributed by atoms with Crippen molar-refractivity contribution in [2.45, 2.75) is 31.7 Å². The van der Waals surface area contributed by atoms with Crippen molar-refractivity contribution >= 4 is 5.91 Å². The van der Waals surface area contributed by atoms with Gasteiger partial charge in [0.15, 0.2) is 0 Å². The molecule has 19 heavy (non-hydrogen) atoms. The summed E-state index contributed by atoms with van der Waals surface area (Å²) in [7, 11) is 4.08. The maximum absolute atomic E-state index is 12.1. The summed E-state index contributed by atoms with van der Waals surface area (Å²) in [6, 6.07) is 10.3. The molecule has 0 aliphatic heterocycles. The van der Waals surface area contributed by atoms with E-state index in [0.29, 0.717) is 12.5 Å². The average molecular weight is 260 g/mol. The molecule has 2 atom stereocenters. The molecule has 3 heteroatoms. The summed E-state index contributed by atoms with van der Waals surface area (Å²) in [5.41, 5.74) is 1.28. The molecule has 0 saturated heterocycles. The lowest BCUT2D eigenvalue weighted by atomic mass is 10.0. The Morgan fingerprint density at radius 1 is 1.32 bits per heavy atom. The zero-order valence-electron chi connectivity index (χ0n) is 12.3. The normalized spacial score (nSPS) is 22.4. The number of carbonyl (C=O) groups is 1. The Morgan fingerprint density at radius 3 is 2.53 bits per heavy atom. The lowest BCUT2D eigenvalue weighted by Crippen LogP contribution is -2.48. The van der Waals surface area contributed by atoms with E-state index >= 15 is 0 Å². The van der Waals surface area contributed by atoms with Crippen molar-refractivity contribution in [1.82, 2.24) is 10.2 Å². The van der Waals surface area contributed by atoms with Gasteiger partial charge in [0.05, 0.1) is 0 Å². The molecule has 1 aliphatic carbocycles. The van der Waals surface area contributed by atoms with E-state index in [1.807, 2.05) is 32.3 Å². The van der Waals surface area contributed by atoms with Crippen LogP contribution in [0, 0.1) is 5.92 Å². The van der Waals surface area contributed by atoms with Crippen molar-refractivity contribution in [1.29, 1.82) is 0 Å². The Hall–Kier alpha value is -1.35. The van der Waals surface area contributed by atoms with Gasteiger partial charge in [-0.3, -0.25) is 4.79 Å². The van der Waals surface area contributed by atoms with Crippen LogP contribution in [0.25, 0.3) is 0 Å². The van der Waals surface area contributed by atoms with Crippen LogP contribution in [0.15, 0.2) is 30.3 Å². The molecule has 1 N–H and O–H groups in total. The Morgan fingerprint density at radius 2 is 1.95 bits per heavy atom. The molecular formula is C16H24N2O. The number of amides is 1. The summed E-state index contributed by atoms with van der Waals surface area (Å²) < 4.78 is 0. The lowest BCUT2D eigenvalue weighted by molar-refractivity contribution is -0.122. The highest BCUT2D eigenvalue weighted by Gasteiger charge is 2.44. The molecule has 2 unspecified atom stereocenters. The number of likely N-dealkylation sites (N-methyl/N-ethyl adjacent to an activating group) is 1. The van der Waals surface area contributed by atoms with Crippen LogP contribution < -0.4 is 5.32 Å². The molecule has 0 heterocycles. The van der Waals surface area contributed by atoms with Gasteiger partial charge >= 0.3 is 0 Å². The van der Waals surface area contributed by atoms with E-state index < -0.39 is 0 Å². The highest BCUT2D eigenvalue weighted by molar-refractivity contribution is 5.82. The second-order valence-corrected chi connectivity index (χ2v) is 6.28. The zero-order valence-corrected chi connectivity index (χ0v) is 12.3. The maximum Gasteiger partial charge on any atom is 0.223 e. The fourth-order valence-corrected chi connectivity index (χ4v) is 2.15. The molecule has 0 aromatic heterocycles. The summed E-state index contributed by atoms with van der Waals surface area (Å²) in [5.74, 6) is 0.785. The summed E-state index contributed by atoms with van der Waals surface area (Å²) in [6.07, 6.45) is 0.984. The van der Waals surface area contributed by atoms with Gasteiger partial charge in [-0.2, -0.15) is 0 Å². The summed E-state index contributed by atoms with van der Waals surface area (Å²) in [4.78, 5) is 14.3. The molecule has 0 spiro atoms. The van der Waals surface area contributed by atoms with Gasteiger partial charge in [-0.25, -0.2) is 0 Å². The van der Waals surface area contributed by atoms with Crippen LogP contribution in [0.5, 0.6) is 0 Å². The van der Waals surface area contributed by atoms with Gasteiger partial charge in [-0.15, -0.1) is 0 Å². The minimum absolute atomic E-state index is 0.00715. The van der Waals surface area contributed by atoms with Crippen molar-refractivity contribution in [2.24, 2.45) is 5.92 Å². The molecule has 1 saturated carbocycles. The van der Waals surface area contributed by atoms with Crippen LogP contribution in [0.3, 0.4) is 0 Å². The quantitative estimate of drug-likeness (QED) is 0.880. The highest BCUT2D eigenvalue weighted by atomic mass is 16.2. The van der Waals surface area contributed by atoms with Crippen molar-refractivity contribution in [2.75, 3.05) is 20.6 Å². The first-order chi connectivity index (χ1) is 8.92. The smallest absolute Gasteiger partial charge is 0.223 e. The Kier molecular flexibility index (Phi) is 3.95. The van der Waals surface area contributed by atoms with Gasteiger partial charge in [0.25, 0.3) is 0 Å². The number of hydrogen-bond donors (Lipinski definition) is 1. The summed E-state index contributed by atoms with van der Waals surface area (Å²) >= 11 is 0. The molecule has 1 amide bonds. The van der Waals surface area contributed by atoms with E-state index in [0.717, 1.165) is 6.42 Å². The molecule has 104 valence electrons. The van der Waals surface area contributed by atoms with E-state index in [-0.39, 0.29) is 17.4 Å². The number of nitrogens with zero attached hydrogens (tertiary/aromatic N) is 1. The molecule has 0 radical (unpaired) electrons. The van der Waals surface area contributed by atoms with E-state index in [2.05, 4.69) is 36.2 Å². The van der Waals surface area contributed by atoms with Crippen LogP contribution in [-0.4, -0.2) is 37.0 Å². The topological polar surface area (TPSA) is 32.3 Å². The Labute approximate surface area is 116 Å². The van der Waals surface area contributed by atoms with E-state index in [1.54, 1.807) is 0 Å². The minimum atomic E-state index is -0.00715. The Bertz CT molecular complexity index is 439. The molecule has 1 aromatic rings. The van der Waals surface area contributed by atoms with Gasteiger partial charge < -0.3 is 10.2 Å². The van der Waals surface area contributed by atoms with Crippen LogP contribution >= 0.6 is 0 Å². The Balaban J connectivity index is 1.84. The van der Waals surface area contributed by atoms with E-state index in [1.165, 1.54) is 5.56 Å². The predicted octanol–water partition coefficient (Wildman–Crippen LogP) is 2.25. The van der Waals surface area contributed by atoms with Crippen molar-refractivity contribution < 1.29 is 4.79 Å². The number of carbonyl (C=O) groups excluding carboxylic acids is 1. The second-order valence-electron chi connectivity index (χ2n) is 6.28. The van der Waals surface area contributed by atoms with E-state index in [4.69, 9.17) is 0 Å². The van der Waals surface area contributed by atoms with Gasteiger partial charge in [-0.05, 0) is 45.8 Å². The fraction of sp³-hybridized carbons (Fsp3) is 0.562. The van der Waals surface area contributed by atoms with Gasteiger partial charge in [0, 0.05) is 18.0 Å². The van der Waals surface area contributed by atoms with Crippen LogP contribution in [0.2, 0.25) is 0 Å². The molecule has 0 bridgehead atoms. The van der Waals surface area contributed by atoms with Gasteiger partial charge in [0.1, 0.15) is 0 Å². The average Bonchev–Trinajstić information content (AvgIpc) is 3.17. The second kappa shape index (κ2) is 5.33. The molecule has 3 nitrogen and oxygen atoms in total. The number of benzene rings is 1. The fourth-order valence-electron chi connectivity index (χ4n) is 2.15. The summed E-state index contributed by atoms with van der Waals surface area (Å²) in [6.45, 7) is 4.96. The third kappa shape index (κ3) is 3.35. The first-order valence-corrected chi connectivity index (χ1v) is 6.92. The molecular weight excluding hydrogens is 236 g/mol. The van der Waals surface area contributed by atoms with Crippen LogP contribution in [0.4, 0.5) is 0 Å². The van der Waals surface area contributed by atoms with Crippen LogP contribution in [-0.2, 0) is 4.79 Å². The molecule has 1 aliphatic rings. The van der Waals surface area contributed by atoms with E-state index in [9.17, 15) is 4.79 Å². The first-order valence-electron chi connectivity index (χ1n) is 6.92. The lowest BCUT2D eigenvalue weighted by Gasteiger charge is -2.32. The third-order valence-electron chi connectivity index (χ3n) is 4.26. The zero-order chi connectivity index (χ0) is 14.0. The number of rotatable bonds is 5. The molecule has 2 rings (SSSR count). The SMILES string of the molecule is CN(C)C(C)(C)CNC(=O)C1CC1c1ccccc1. The summed E-state index contributed by atoms with van der Waals surface area (Å²) in [5, 5.41) is 3.09. The standard InChI is InChI=1S/C16H24N2O/c1-16(2,18(3)4)11-17-15(19)14-10-13(14)12-8-6-5-7-9-12/h5-9,13-14H,10-11H2,1-4H3,(H,17,19). The van der Waals surface area contributed by atoms with Crippen molar-refractivity contribution in [3.63, 3.8) is 0 Å². The van der Waals surface area contributed by atoms with Gasteiger partial charge in [-0.1, -0.05) is 30.3 Å². The minimum Gasteiger partial charge on any atom is -0.354 e. The molecule has 1 aromatic carbocycles. The van der Waals surface area contributed by atoms with Gasteiger partial charge in [0.2, 0.25) is 5.91 Å².